The molecule has 27 heteroatoms. The average Bonchev–Trinajstić information content (AvgIpc) is 3.55. The molecule has 0 saturated carbocycles. The zero-order valence-corrected chi connectivity index (χ0v) is 43.6. The number of carbonyl (C=O) groups is 6. The molecule has 0 atom stereocenters. The van der Waals surface area contributed by atoms with E-state index < -0.39 is 58.4 Å². The van der Waals surface area contributed by atoms with Gasteiger partial charge >= 0.3 is 30.6 Å². The lowest BCUT2D eigenvalue weighted by Crippen LogP contribution is -2.81. The Kier molecular flexibility index (Phi) is 19.7. The lowest BCUT2D eigenvalue weighted by atomic mass is 9.83. The van der Waals surface area contributed by atoms with Crippen molar-refractivity contribution >= 4 is 58.9 Å². The molecule has 0 bridgehead atoms. The molecule has 8 rings (SSSR count). The molecule has 2 spiro atoms. The molecular formula is C52H49Cl2F9N8O8. The number of amides is 5. The van der Waals surface area contributed by atoms with Gasteiger partial charge in [0.25, 0.3) is 11.8 Å². The highest BCUT2D eigenvalue weighted by molar-refractivity contribution is 6.40. The molecule has 4 aliphatic rings. The van der Waals surface area contributed by atoms with E-state index in [-0.39, 0.29) is 81.3 Å². The fourth-order valence-corrected chi connectivity index (χ4v) is 8.50. The van der Waals surface area contributed by atoms with Crippen LogP contribution in [0.1, 0.15) is 65.3 Å². The third-order valence-electron chi connectivity index (χ3n) is 12.4. The molecule has 4 heterocycles. The normalized spacial score (nSPS) is 16.7. The van der Waals surface area contributed by atoms with Crippen LogP contribution in [-0.2, 0) is 67.2 Å². The van der Waals surface area contributed by atoms with E-state index in [0.29, 0.717) is 35.3 Å². The van der Waals surface area contributed by atoms with Crippen LogP contribution in [0.4, 0.5) is 44.3 Å². The molecule has 422 valence electrons. The van der Waals surface area contributed by atoms with Crippen molar-refractivity contribution in [1.29, 1.82) is 10.5 Å². The highest BCUT2D eigenvalue weighted by Crippen LogP contribution is 2.38. The number of piperazine rings is 2. The maximum absolute atomic E-state index is 13.8. The van der Waals surface area contributed by atoms with Crippen molar-refractivity contribution in [2.24, 2.45) is 0 Å². The summed E-state index contributed by atoms with van der Waals surface area (Å²) in [5.74, 6) is -3.96. The number of carboxylic acids is 1. The van der Waals surface area contributed by atoms with Gasteiger partial charge in [0, 0.05) is 39.3 Å². The topological polar surface area (TPSA) is 208 Å². The molecule has 4 aromatic rings. The number of halogens is 11. The zero-order valence-electron chi connectivity index (χ0n) is 42.1. The highest BCUT2D eigenvalue weighted by Gasteiger charge is 2.61. The van der Waals surface area contributed by atoms with Crippen LogP contribution in [0.25, 0.3) is 0 Å². The molecule has 2 N–H and O–H groups in total. The number of likely N-dealkylation sites (tertiary alicyclic amines) is 1. The van der Waals surface area contributed by atoms with Crippen LogP contribution in [0.2, 0.25) is 0 Å². The lowest BCUT2D eigenvalue weighted by molar-refractivity contribution is -0.192. The smallest absolute Gasteiger partial charge is 0.475 e. The van der Waals surface area contributed by atoms with Crippen LogP contribution in [0.15, 0.2) is 97.1 Å². The Hall–Kier alpha value is -7.61. The molecule has 4 aliphatic heterocycles. The Balaban J connectivity index is 0.000000251. The summed E-state index contributed by atoms with van der Waals surface area (Å²) in [6.45, 7) is 5.53. The fourth-order valence-electron chi connectivity index (χ4n) is 8.50. The number of carboxylic acid groups (broad SMARTS) is 1. The lowest BCUT2D eigenvalue weighted by Gasteiger charge is -2.57. The Morgan fingerprint density at radius 3 is 1.20 bits per heavy atom. The van der Waals surface area contributed by atoms with Crippen molar-refractivity contribution in [3.05, 3.63) is 142 Å². The van der Waals surface area contributed by atoms with Gasteiger partial charge in [0.1, 0.15) is 24.2 Å². The van der Waals surface area contributed by atoms with E-state index in [2.05, 4.69) is 5.32 Å². The molecule has 5 amide bonds. The Morgan fingerprint density at radius 2 is 0.911 bits per heavy atom. The summed E-state index contributed by atoms with van der Waals surface area (Å²) in [6, 6.07) is 26.6. The van der Waals surface area contributed by atoms with Crippen LogP contribution >= 0.6 is 23.2 Å². The van der Waals surface area contributed by atoms with E-state index >= 15 is 0 Å². The van der Waals surface area contributed by atoms with Gasteiger partial charge in [-0.1, -0.05) is 48.5 Å². The van der Waals surface area contributed by atoms with Crippen molar-refractivity contribution in [1.82, 2.24) is 29.8 Å². The Morgan fingerprint density at radius 1 is 0.595 bits per heavy atom. The van der Waals surface area contributed by atoms with Crippen molar-refractivity contribution in [3.8, 4) is 12.1 Å². The first-order valence-corrected chi connectivity index (χ1v) is 24.5. The highest BCUT2D eigenvalue weighted by atomic mass is 35.5. The first kappa shape index (κ1) is 62.2. The number of benzene rings is 4. The molecule has 0 unspecified atom stereocenters. The number of ether oxygens (including phenoxy) is 1. The SMILES string of the molecule is CC(C)(C)OC(=O)N1CC2(C1)C(=O)N(Cc1ccc(C#N)cc1)CC(=O)N2Cc1ccc(C(F)(F)F)cc1.ClCCl.N#Cc1ccc(CN2CC(=O)N(Cc3ccc(C(F)(F)F)cc3)C3(CNC3)C2=O)cc1.O=C(O)C(F)(F)F. The monoisotopic (exact) mass is 1150 g/mol. The van der Waals surface area contributed by atoms with Gasteiger partial charge < -0.3 is 39.7 Å². The van der Waals surface area contributed by atoms with Gasteiger partial charge in [0.15, 0.2) is 5.54 Å². The quantitative estimate of drug-likeness (QED) is 0.127. The maximum Gasteiger partial charge on any atom is 0.490 e. The predicted molar refractivity (Wildman–Crippen MR) is 264 cm³/mol. The Labute approximate surface area is 456 Å². The number of nitrogens with zero attached hydrogens (tertiary/aromatic N) is 7. The second-order valence-electron chi connectivity index (χ2n) is 19.2. The van der Waals surface area contributed by atoms with Gasteiger partial charge in [-0.2, -0.15) is 50.0 Å². The van der Waals surface area contributed by atoms with Gasteiger partial charge in [0.05, 0.1) is 52.8 Å². The number of aliphatic carboxylic acids is 1. The summed E-state index contributed by atoms with van der Waals surface area (Å²) in [5, 5.41) is 28.3. The van der Waals surface area contributed by atoms with Gasteiger partial charge in [-0.25, -0.2) is 9.59 Å². The average molecular weight is 1160 g/mol. The minimum absolute atomic E-state index is 0.0646. The number of rotatable bonds is 8. The number of carbonyl (C=O) groups excluding carboxylic acids is 5. The summed E-state index contributed by atoms with van der Waals surface area (Å²) in [4.78, 5) is 82.0. The van der Waals surface area contributed by atoms with Crippen molar-refractivity contribution in [2.75, 3.05) is 44.6 Å². The molecular weight excluding hydrogens is 1110 g/mol. The van der Waals surface area contributed by atoms with E-state index in [1.165, 1.54) is 48.8 Å². The first-order valence-electron chi connectivity index (χ1n) is 23.4. The van der Waals surface area contributed by atoms with Crippen molar-refractivity contribution in [3.63, 3.8) is 0 Å². The number of alkyl halides is 11. The number of hydrogen-bond acceptors (Lipinski definition) is 10. The third kappa shape index (κ3) is 15.6. The molecule has 4 fully saturated rings. The van der Waals surface area contributed by atoms with Gasteiger partial charge in [-0.15, -0.1) is 23.2 Å². The van der Waals surface area contributed by atoms with Crippen LogP contribution in [-0.4, -0.2) is 133 Å². The maximum atomic E-state index is 13.8. The standard InChI is InChI=1S/C27H27F3N4O4.C22H19F3N4O2.C2HF3O2.CH2Cl2/c1-25(2,3)38-24(37)33-16-26(17-33)23(36)32(13-19-6-4-18(12-31)5-7-19)15-22(35)34(26)14-20-8-10-21(11-9-20)27(28,29)30;23-22(24,25)18-7-5-17(6-8-18)11-29-19(30)12-28(20(31)21(29)13-27-14-21)10-16-3-1-15(9-26)2-4-16;3-2(4,5)1(6)7;2-1-3/h4-11H,13-17H2,1-3H3;1-8,27H,10-14H2;(H,6,7);1H2. The number of nitriles is 2. The molecule has 16 nitrogen and oxygen atoms in total. The molecule has 0 radical (unpaired) electrons. The number of nitrogens with one attached hydrogen (secondary N) is 1. The number of hydrogen-bond donors (Lipinski definition) is 2. The summed E-state index contributed by atoms with van der Waals surface area (Å²) in [7, 11) is 0. The zero-order chi connectivity index (χ0) is 58.9. The van der Waals surface area contributed by atoms with Crippen LogP contribution in [0.5, 0.6) is 0 Å². The molecule has 0 aliphatic carbocycles. The predicted octanol–water partition coefficient (Wildman–Crippen LogP) is 8.28. The van der Waals surface area contributed by atoms with Crippen LogP contribution in [0, 0.1) is 22.7 Å². The van der Waals surface area contributed by atoms with Crippen molar-refractivity contribution in [2.45, 2.75) is 82.2 Å². The van der Waals surface area contributed by atoms with Gasteiger partial charge in [-0.05, 0) is 91.6 Å². The summed E-state index contributed by atoms with van der Waals surface area (Å²) in [5.41, 5.74) is -1.29. The third-order valence-corrected chi connectivity index (χ3v) is 12.4. The molecule has 0 aromatic heterocycles. The molecule has 4 aromatic carbocycles. The molecule has 79 heavy (non-hydrogen) atoms. The van der Waals surface area contributed by atoms with E-state index in [4.69, 9.17) is 48.4 Å². The van der Waals surface area contributed by atoms with Crippen LogP contribution in [0.3, 0.4) is 0 Å². The minimum atomic E-state index is -5.08. The fraction of sp³-hybridized carbons (Fsp3) is 0.385. The van der Waals surface area contributed by atoms with E-state index in [1.807, 2.05) is 12.1 Å². The van der Waals surface area contributed by atoms with Gasteiger partial charge in [0.2, 0.25) is 11.8 Å². The first-order chi connectivity index (χ1) is 36.8. The second kappa shape index (κ2) is 25.0. The minimum Gasteiger partial charge on any atom is -0.475 e. The van der Waals surface area contributed by atoms with E-state index in [1.54, 1.807) is 69.3 Å². The van der Waals surface area contributed by atoms with E-state index in [9.17, 15) is 63.5 Å². The summed E-state index contributed by atoms with van der Waals surface area (Å²) < 4.78 is 115. The Bertz CT molecular complexity index is 2930. The van der Waals surface area contributed by atoms with Crippen molar-refractivity contribution < 1.29 is 78.1 Å². The van der Waals surface area contributed by atoms with Gasteiger partial charge in [-0.3, -0.25) is 19.2 Å². The summed E-state index contributed by atoms with van der Waals surface area (Å²) in [6.07, 6.45) is -14.6. The van der Waals surface area contributed by atoms with Crippen LogP contribution < -0.4 is 5.32 Å². The summed E-state index contributed by atoms with van der Waals surface area (Å²) >= 11 is 9.53. The molecule has 4 saturated heterocycles. The second-order valence-corrected chi connectivity index (χ2v) is 20.0. The van der Waals surface area contributed by atoms with E-state index in [0.717, 1.165) is 35.4 Å². The largest absolute Gasteiger partial charge is 0.490 e.